The molecule has 2 rings (SSSR count). The monoisotopic (exact) mass is 316 g/mol. The van der Waals surface area contributed by atoms with Crippen LogP contribution in [0.1, 0.15) is 31.7 Å². The Labute approximate surface area is 131 Å². The van der Waals surface area contributed by atoms with Crippen molar-refractivity contribution in [3.05, 3.63) is 22.4 Å². The fourth-order valence-corrected chi connectivity index (χ4v) is 3.43. The van der Waals surface area contributed by atoms with Gasteiger partial charge < -0.3 is 10.6 Å². The van der Waals surface area contributed by atoms with E-state index in [1.54, 1.807) is 11.3 Å². The van der Waals surface area contributed by atoms with Crippen molar-refractivity contribution in [2.75, 3.05) is 19.6 Å². The molecule has 1 amide bonds. The van der Waals surface area contributed by atoms with Crippen molar-refractivity contribution >= 4 is 29.7 Å². The Balaban J connectivity index is 0.00000200. The maximum Gasteiger partial charge on any atom is 0.220 e. The topological polar surface area (TPSA) is 41.1 Å². The Bertz CT molecular complexity index is 377. The minimum atomic E-state index is 0. The quantitative estimate of drug-likeness (QED) is 0.847. The average Bonchev–Trinajstić information content (AvgIpc) is 2.93. The third-order valence-electron chi connectivity index (χ3n) is 4.01. The standard InChI is InChI=1S/C15H24N2OS.ClH/c1-12(14-3-6-16-7-4-14)10-15(18)17-8-2-13-5-9-19-11-13;/h5,9,11-12,14,16H,2-4,6-8,10H2,1H3,(H,17,18);1H. The van der Waals surface area contributed by atoms with E-state index in [1.807, 2.05) is 0 Å². The van der Waals surface area contributed by atoms with Gasteiger partial charge in [-0.1, -0.05) is 6.92 Å². The molecular formula is C15H25ClN2OS. The summed E-state index contributed by atoms with van der Waals surface area (Å²) in [6.45, 7) is 5.19. The molecule has 1 atom stereocenters. The second kappa shape index (κ2) is 9.37. The number of thiophene rings is 1. The lowest BCUT2D eigenvalue weighted by atomic mass is 9.84. The molecule has 1 fully saturated rings. The van der Waals surface area contributed by atoms with Gasteiger partial charge in [0.2, 0.25) is 5.91 Å². The summed E-state index contributed by atoms with van der Waals surface area (Å²) in [5, 5.41) is 10.6. The lowest BCUT2D eigenvalue weighted by Crippen LogP contribution is -2.34. The van der Waals surface area contributed by atoms with E-state index >= 15 is 0 Å². The zero-order valence-corrected chi connectivity index (χ0v) is 13.7. The lowest BCUT2D eigenvalue weighted by molar-refractivity contribution is -0.122. The smallest absolute Gasteiger partial charge is 0.220 e. The molecule has 2 N–H and O–H groups in total. The number of nitrogens with one attached hydrogen (secondary N) is 2. The molecule has 114 valence electrons. The van der Waals surface area contributed by atoms with Crippen molar-refractivity contribution in [2.24, 2.45) is 11.8 Å². The minimum Gasteiger partial charge on any atom is -0.356 e. The van der Waals surface area contributed by atoms with E-state index in [0.717, 1.165) is 26.1 Å². The Morgan fingerprint density at radius 2 is 2.25 bits per heavy atom. The number of halogens is 1. The van der Waals surface area contributed by atoms with Gasteiger partial charge in [-0.15, -0.1) is 12.4 Å². The molecule has 1 unspecified atom stereocenters. The Morgan fingerprint density at radius 1 is 1.50 bits per heavy atom. The molecule has 0 spiro atoms. The van der Waals surface area contributed by atoms with Gasteiger partial charge in [-0.3, -0.25) is 4.79 Å². The molecular weight excluding hydrogens is 292 g/mol. The second-order valence-corrected chi connectivity index (χ2v) is 6.28. The highest BCUT2D eigenvalue weighted by atomic mass is 35.5. The van der Waals surface area contributed by atoms with Crippen LogP contribution in [-0.2, 0) is 11.2 Å². The third kappa shape index (κ3) is 5.81. The summed E-state index contributed by atoms with van der Waals surface area (Å²) in [7, 11) is 0. The number of hydrogen-bond donors (Lipinski definition) is 2. The van der Waals surface area contributed by atoms with Crippen LogP contribution >= 0.6 is 23.7 Å². The summed E-state index contributed by atoms with van der Waals surface area (Å²) in [5.41, 5.74) is 1.32. The van der Waals surface area contributed by atoms with Crippen LogP contribution in [0.4, 0.5) is 0 Å². The summed E-state index contributed by atoms with van der Waals surface area (Å²) in [6.07, 6.45) is 4.04. The molecule has 1 saturated heterocycles. The van der Waals surface area contributed by atoms with Crippen LogP contribution in [0.3, 0.4) is 0 Å². The molecule has 1 aliphatic heterocycles. The van der Waals surface area contributed by atoms with Gasteiger partial charge in [-0.05, 0) is 66.6 Å². The van der Waals surface area contributed by atoms with Crippen LogP contribution in [0, 0.1) is 11.8 Å². The summed E-state index contributed by atoms with van der Waals surface area (Å²) in [6, 6.07) is 2.12. The molecule has 20 heavy (non-hydrogen) atoms. The second-order valence-electron chi connectivity index (χ2n) is 5.50. The molecule has 3 nitrogen and oxygen atoms in total. The van der Waals surface area contributed by atoms with Crippen LogP contribution in [0.15, 0.2) is 16.8 Å². The molecule has 0 aliphatic carbocycles. The van der Waals surface area contributed by atoms with Gasteiger partial charge in [0, 0.05) is 13.0 Å². The molecule has 5 heteroatoms. The molecule has 0 bridgehead atoms. The number of piperidine rings is 1. The van der Waals surface area contributed by atoms with E-state index in [4.69, 9.17) is 0 Å². The number of rotatable bonds is 6. The highest BCUT2D eigenvalue weighted by Crippen LogP contribution is 2.24. The van der Waals surface area contributed by atoms with Crippen molar-refractivity contribution in [1.29, 1.82) is 0 Å². The maximum absolute atomic E-state index is 11.9. The molecule has 1 aromatic rings. The SMILES string of the molecule is CC(CC(=O)NCCc1ccsc1)C1CCNCC1.Cl. The normalized spacial score (nSPS) is 17.2. The van der Waals surface area contributed by atoms with Gasteiger partial charge in [0.25, 0.3) is 0 Å². The van der Waals surface area contributed by atoms with Gasteiger partial charge >= 0.3 is 0 Å². The molecule has 1 aromatic heterocycles. The van der Waals surface area contributed by atoms with E-state index in [-0.39, 0.29) is 18.3 Å². The van der Waals surface area contributed by atoms with Gasteiger partial charge in [0.1, 0.15) is 0 Å². The number of amides is 1. The maximum atomic E-state index is 11.9. The average molecular weight is 317 g/mol. The Morgan fingerprint density at radius 3 is 2.90 bits per heavy atom. The van der Waals surface area contributed by atoms with Crippen molar-refractivity contribution < 1.29 is 4.79 Å². The number of hydrogen-bond acceptors (Lipinski definition) is 3. The van der Waals surface area contributed by atoms with E-state index in [9.17, 15) is 4.79 Å². The zero-order valence-electron chi connectivity index (χ0n) is 12.1. The zero-order chi connectivity index (χ0) is 13.5. The first-order chi connectivity index (χ1) is 9.25. The molecule has 1 aliphatic rings. The van der Waals surface area contributed by atoms with Crippen LogP contribution < -0.4 is 10.6 Å². The third-order valence-corrected chi connectivity index (χ3v) is 4.74. The fourth-order valence-electron chi connectivity index (χ4n) is 2.73. The highest BCUT2D eigenvalue weighted by Gasteiger charge is 2.21. The number of carbonyl (C=O) groups excluding carboxylic acids is 1. The van der Waals surface area contributed by atoms with Gasteiger partial charge in [0.15, 0.2) is 0 Å². The first-order valence-electron chi connectivity index (χ1n) is 7.24. The summed E-state index contributed by atoms with van der Waals surface area (Å²) in [5.74, 6) is 1.42. The molecule has 0 saturated carbocycles. The largest absolute Gasteiger partial charge is 0.356 e. The van der Waals surface area contributed by atoms with Crippen molar-refractivity contribution in [1.82, 2.24) is 10.6 Å². The van der Waals surface area contributed by atoms with Crippen molar-refractivity contribution in [2.45, 2.75) is 32.6 Å². The van der Waals surface area contributed by atoms with Crippen LogP contribution in [-0.4, -0.2) is 25.5 Å². The first kappa shape index (κ1) is 17.5. The minimum absolute atomic E-state index is 0. The summed E-state index contributed by atoms with van der Waals surface area (Å²) >= 11 is 1.71. The lowest BCUT2D eigenvalue weighted by Gasteiger charge is -2.27. The molecule has 0 aromatic carbocycles. The summed E-state index contributed by atoms with van der Waals surface area (Å²) < 4.78 is 0. The number of carbonyl (C=O) groups is 1. The van der Waals surface area contributed by atoms with E-state index in [0.29, 0.717) is 18.3 Å². The van der Waals surface area contributed by atoms with Crippen molar-refractivity contribution in [3.8, 4) is 0 Å². The van der Waals surface area contributed by atoms with Crippen molar-refractivity contribution in [3.63, 3.8) is 0 Å². The van der Waals surface area contributed by atoms with Crippen LogP contribution in [0.2, 0.25) is 0 Å². The Hall–Kier alpha value is -0.580. The van der Waals surface area contributed by atoms with Crippen LogP contribution in [0.5, 0.6) is 0 Å². The van der Waals surface area contributed by atoms with Gasteiger partial charge in [-0.25, -0.2) is 0 Å². The fraction of sp³-hybridized carbons (Fsp3) is 0.667. The summed E-state index contributed by atoms with van der Waals surface area (Å²) in [4.78, 5) is 11.9. The highest BCUT2D eigenvalue weighted by molar-refractivity contribution is 7.07. The first-order valence-corrected chi connectivity index (χ1v) is 8.18. The predicted molar refractivity (Wildman–Crippen MR) is 87.7 cm³/mol. The van der Waals surface area contributed by atoms with Crippen LogP contribution in [0.25, 0.3) is 0 Å². The van der Waals surface area contributed by atoms with Gasteiger partial charge in [0.05, 0.1) is 0 Å². The van der Waals surface area contributed by atoms with E-state index in [1.165, 1.54) is 18.4 Å². The molecule has 0 radical (unpaired) electrons. The predicted octanol–water partition coefficient (Wildman–Crippen LogP) is 2.85. The Kier molecular flexibility index (Phi) is 8.19. The van der Waals surface area contributed by atoms with E-state index < -0.39 is 0 Å². The molecule has 2 heterocycles. The van der Waals surface area contributed by atoms with Gasteiger partial charge in [-0.2, -0.15) is 11.3 Å². The van der Waals surface area contributed by atoms with E-state index in [2.05, 4.69) is 34.4 Å².